The lowest BCUT2D eigenvalue weighted by Gasteiger charge is -2.18. The second-order valence-electron chi connectivity index (χ2n) is 4.31. The fraction of sp³-hybridized carbons (Fsp3) is 0.400. The smallest absolute Gasteiger partial charge is 0.433 e. The first-order valence-electron chi connectivity index (χ1n) is 5.04. The first-order chi connectivity index (χ1) is 8.28. The van der Waals surface area contributed by atoms with Crippen molar-refractivity contribution < 1.29 is 18.9 Å². The van der Waals surface area contributed by atoms with Crippen molar-refractivity contribution in [1.29, 1.82) is 0 Å². The van der Waals surface area contributed by atoms with Crippen molar-refractivity contribution in [1.82, 2.24) is 5.43 Å². The molecule has 0 fully saturated rings. The van der Waals surface area contributed by atoms with Crippen LogP contribution in [-0.4, -0.2) is 22.8 Å². The molecule has 8 heteroatoms. The highest BCUT2D eigenvalue weighted by molar-refractivity contribution is 5.78. The highest BCUT2D eigenvalue weighted by Crippen LogP contribution is 2.13. The largest absolute Gasteiger partial charge is 0.443 e. The summed E-state index contributed by atoms with van der Waals surface area (Å²) >= 11 is 0. The van der Waals surface area contributed by atoms with E-state index in [1.54, 1.807) is 20.8 Å². The zero-order valence-corrected chi connectivity index (χ0v) is 10.2. The van der Waals surface area contributed by atoms with Gasteiger partial charge in [0.15, 0.2) is 5.76 Å². The van der Waals surface area contributed by atoms with E-state index in [4.69, 9.17) is 9.15 Å². The van der Waals surface area contributed by atoms with E-state index in [0.717, 1.165) is 6.21 Å². The van der Waals surface area contributed by atoms with Gasteiger partial charge in [0.2, 0.25) is 0 Å². The molecule has 0 aliphatic heterocycles. The van der Waals surface area contributed by atoms with E-state index in [9.17, 15) is 14.9 Å². The van der Waals surface area contributed by atoms with Gasteiger partial charge in [-0.2, -0.15) is 5.10 Å². The van der Waals surface area contributed by atoms with Crippen LogP contribution in [0.2, 0.25) is 0 Å². The predicted octanol–water partition coefficient (Wildman–Crippen LogP) is 2.05. The molecule has 18 heavy (non-hydrogen) atoms. The van der Waals surface area contributed by atoms with Gasteiger partial charge in [0, 0.05) is 0 Å². The number of nitro groups is 1. The molecular formula is C10H13N3O5. The lowest BCUT2D eigenvalue weighted by atomic mass is 10.2. The molecule has 98 valence electrons. The van der Waals surface area contributed by atoms with Gasteiger partial charge in [-0.3, -0.25) is 10.1 Å². The molecule has 1 amide bonds. The summed E-state index contributed by atoms with van der Waals surface area (Å²) in [7, 11) is 0. The van der Waals surface area contributed by atoms with Gasteiger partial charge in [0.05, 0.1) is 12.3 Å². The number of rotatable bonds is 3. The first-order valence-corrected chi connectivity index (χ1v) is 5.04. The Labute approximate surface area is 103 Å². The van der Waals surface area contributed by atoms with E-state index in [0.29, 0.717) is 0 Å². The molecule has 0 saturated heterocycles. The van der Waals surface area contributed by atoms with Gasteiger partial charge in [0.25, 0.3) is 0 Å². The lowest BCUT2D eigenvalue weighted by molar-refractivity contribution is -0.402. The third-order valence-electron chi connectivity index (χ3n) is 1.54. The zero-order chi connectivity index (χ0) is 13.8. The summed E-state index contributed by atoms with van der Waals surface area (Å²) in [6, 6.07) is 2.55. The zero-order valence-electron chi connectivity index (χ0n) is 10.2. The average Bonchev–Trinajstić information content (AvgIpc) is 2.63. The molecule has 1 heterocycles. The van der Waals surface area contributed by atoms with Crippen LogP contribution < -0.4 is 5.43 Å². The molecule has 0 aliphatic carbocycles. The molecule has 0 saturated carbocycles. The Hall–Kier alpha value is -2.38. The van der Waals surface area contributed by atoms with Crippen molar-refractivity contribution in [2.45, 2.75) is 26.4 Å². The Balaban J connectivity index is 2.49. The molecule has 1 rings (SSSR count). The molecule has 1 N–H and O–H groups in total. The minimum Gasteiger partial charge on any atom is -0.443 e. The molecule has 0 aromatic carbocycles. The predicted molar refractivity (Wildman–Crippen MR) is 62.3 cm³/mol. The van der Waals surface area contributed by atoms with E-state index >= 15 is 0 Å². The van der Waals surface area contributed by atoms with Crippen molar-refractivity contribution in [2.24, 2.45) is 5.10 Å². The van der Waals surface area contributed by atoms with Crippen LogP contribution in [0.5, 0.6) is 0 Å². The van der Waals surface area contributed by atoms with E-state index in [1.165, 1.54) is 12.1 Å². The van der Waals surface area contributed by atoms with Crippen LogP contribution >= 0.6 is 0 Å². The Bertz CT molecular complexity index is 472. The van der Waals surface area contributed by atoms with Crippen LogP contribution in [0.3, 0.4) is 0 Å². The molecule has 0 spiro atoms. The van der Waals surface area contributed by atoms with Gasteiger partial charge in [-0.15, -0.1) is 0 Å². The van der Waals surface area contributed by atoms with Crippen molar-refractivity contribution in [3.63, 3.8) is 0 Å². The van der Waals surface area contributed by atoms with Gasteiger partial charge in [-0.25, -0.2) is 10.2 Å². The van der Waals surface area contributed by atoms with E-state index in [1.807, 2.05) is 0 Å². The second kappa shape index (κ2) is 5.30. The third-order valence-corrected chi connectivity index (χ3v) is 1.54. The van der Waals surface area contributed by atoms with Crippen molar-refractivity contribution in [3.05, 3.63) is 28.0 Å². The third kappa shape index (κ3) is 4.64. The molecule has 1 aromatic heterocycles. The van der Waals surface area contributed by atoms with Gasteiger partial charge < -0.3 is 9.15 Å². The number of ether oxygens (including phenoxy) is 1. The number of hydrogen-bond donors (Lipinski definition) is 1. The summed E-state index contributed by atoms with van der Waals surface area (Å²) in [5, 5.41) is 13.9. The fourth-order valence-electron chi connectivity index (χ4n) is 0.959. The normalized spacial score (nSPS) is 11.5. The molecule has 0 bridgehead atoms. The molecule has 0 atom stereocenters. The number of hydrogen-bond acceptors (Lipinski definition) is 6. The molecular weight excluding hydrogens is 242 g/mol. The highest BCUT2D eigenvalue weighted by atomic mass is 16.6. The van der Waals surface area contributed by atoms with Crippen molar-refractivity contribution in [3.8, 4) is 0 Å². The number of hydrazone groups is 1. The number of furan rings is 1. The fourth-order valence-corrected chi connectivity index (χ4v) is 0.959. The van der Waals surface area contributed by atoms with E-state index < -0.39 is 22.5 Å². The summed E-state index contributed by atoms with van der Waals surface area (Å²) < 4.78 is 9.70. The number of amides is 1. The first kappa shape index (κ1) is 13.7. The number of nitrogens with zero attached hydrogens (tertiary/aromatic N) is 2. The Morgan fingerprint density at radius 3 is 2.72 bits per heavy atom. The molecule has 8 nitrogen and oxygen atoms in total. The van der Waals surface area contributed by atoms with E-state index in [-0.39, 0.29) is 5.76 Å². The van der Waals surface area contributed by atoms with Crippen LogP contribution in [0.1, 0.15) is 26.5 Å². The summed E-state index contributed by atoms with van der Waals surface area (Å²) in [6.45, 7) is 5.14. The Morgan fingerprint density at radius 2 is 2.22 bits per heavy atom. The SMILES string of the molecule is CC(C)(C)OC(=O)N/N=C\c1ccc([N+](=O)[O-])o1. The maximum Gasteiger partial charge on any atom is 0.433 e. The Morgan fingerprint density at radius 1 is 1.56 bits per heavy atom. The summed E-state index contributed by atoms with van der Waals surface area (Å²) in [6.07, 6.45) is 0.413. The minimum absolute atomic E-state index is 0.151. The van der Waals surface area contributed by atoms with Gasteiger partial charge in [-0.1, -0.05) is 0 Å². The van der Waals surface area contributed by atoms with Crippen LogP contribution in [0, 0.1) is 10.1 Å². The molecule has 1 aromatic rings. The van der Waals surface area contributed by atoms with E-state index in [2.05, 4.69) is 10.5 Å². The molecule has 0 unspecified atom stereocenters. The average molecular weight is 255 g/mol. The molecule has 0 radical (unpaired) electrons. The topological polar surface area (TPSA) is 107 Å². The standard InChI is InChI=1S/C10H13N3O5/c1-10(2,3)18-9(14)12-11-6-7-4-5-8(17-7)13(15)16/h4-6H,1-3H3,(H,12,14)/b11-6-. The van der Waals surface area contributed by atoms with Crippen LogP contribution in [-0.2, 0) is 4.74 Å². The number of nitrogens with one attached hydrogen (secondary N) is 1. The van der Waals surface area contributed by atoms with Crippen molar-refractivity contribution in [2.75, 3.05) is 0 Å². The number of carbonyl (C=O) groups is 1. The lowest BCUT2D eigenvalue weighted by Crippen LogP contribution is -2.29. The molecule has 0 aliphatic rings. The van der Waals surface area contributed by atoms with Crippen LogP contribution in [0.15, 0.2) is 21.7 Å². The summed E-state index contributed by atoms with van der Waals surface area (Å²) in [4.78, 5) is 20.8. The summed E-state index contributed by atoms with van der Waals surface area (Å²) in [5.74, 6) is -0.244. The van der Waals surface area contributed by atoms with Crippen LogP contribution in [0.4, 0.5) is 10.7 Å². The maximum atomic E-state index is 11.2. The van der Waals surface area contributed by atoms with Crippen LogP contribution in [0.25, 0.3) is 0 Å². The second-order valence-corrected chi connectivity index (χ2v) is 4.31. The minimum atomic E-state index is -0.722. The quantitative estimate of drug-likeness (QED) is 0.505. The monoisotopic (exact) mass is 255 g/mol. The van der Waals surface area contributed by atoms with Gasteiger partial charge in [-0.05, 0) is 26.8 Å². The highest BCUT2D eigenvalue weighted by Gasteiger charge is 2.15. The summed E-state index contributed by atoms with van der Waals surface area (Å²) in [5.41, 5.74) is 1.48. The number of carbonyl (C=O) groups excluding carboxylic acids is 1. The maximum absolute atomic E-state index is 11.2. The van der Waals surface area contributed by atoms with Gasteiger partial charge in [0.1, 0.15) is 10.5 Å². The van der Waals surface area contributed by atoms with Crippen molar-refractivity contribution >= 4 is 18.2 Å². The van der Waals surface area contributed by atoms with Gasteiger partial charge >= 0.3 is 12.0 Å². The Kier molecular flexibility index (Phi) is 4.03.